The molecule has 0 N–H and O–H groups in total. The molecule has 0 aromatic heterocycles. The van der Waals surface area contributed by atoms with Crippen molar-refractivity contribution in [2.75, 3.05) is 0 Å². The summed E-state index contributed by atoms with van der Waals surface area (Å²) in [6, 6.07) is 11.9. The molecule has 4 aliphatic rings. The van der Waals surface area contributed by atoms with Crippen molar-refractivity contribution in [3.63, 3.8) is 0 Å². The van der Waals surface area contributed by atoms with Crippen molar-refractivity contribution in [1.82, 2.24) is 9.80 Å². The molecule has 2 amide bonds. The Morgan fingerprint density at radius 2 is 1.60 bits per heavy atom. The number of benzene rings is 2. The number of ketones is 1. The Morgan fingerprint density at radius 3 is 2.31 bits per heavy atom. The maximum Gasteiger partial charge on any atom is 0.269 e. The van der Waals surface area contributed by atoms with Gasteiger partial charge in [0.1, 0.15) is 6.04 Å². The van der Waals surface area contributed by atoms with Crippen LogP contribution in [0.15, 0.2) is 54.7 Å². The fourth-order valence-electron chi connectivity index (χ4n) is 6.50. The van der Waals surface area contributed by atoms with E-state index in [4.69, 9.17) is 0 Å². The van der Waals surface area contributed by atoms with Crippen LogP contribution in [0.5, 0.6) is 0 Å². The van der Waals surface area contributed by atoms with Crippen LogP contribution >= 0.6 is 0 Å². The maximum absolute atomic E-state index is 13.9. The number of carbonyl (C=O) groups is 3. The maximum atomic E-state index is 13.9. The Balaban J connectivity index is 1.43. The Kier molecular flexibility index (Phi) is 5.05. The Bertz CT molecular complexity index is 1260. The summed E-state index contributed by atoms with van der Waals surface area (Å²) in [6.07, 6.45) is 8.44. The Hall–Kier alpha value is -3.81. The van der Waals surface area contributed by atoms with Crippen LogP contribution < -0.4 is 0 Å². The van der Waals surface area contributed by atoms with E-state index in [0.717, 1.165) is 43.2 Å². The SMILES string of the molecule is O=C(c1ccc([N+](=O)[O-])cc1)[C@@H]1[C@@H]2C(=O)N(C3CCCCC3)C(=O)[C@H]2[C@@H]2c3ccccc3C=CN12. The first kappa shape index (κ1) is 21.7. The van der Waals surface area contributed by atoms with E-state index < -0.39 is 28.8 Å². The lowest BCUT2D eigenvalue weighted by atomic mass is 9.83. The van der Waals surface area contributed by atoms with Crippen molar-refractivity contribution >= 4 is 29.4 Å². The van der Waals surface area contributed by atoms with E-state index in [-0.39, 0.29) is 29.3 Å². The fourth-order valence-corrected chi connectivity index (χ4v) is 6.50. The van der Waals surface area contributed by atoms with Gasteiger partial charge in [0, 0.05) is 29.9 Å². The summed E-state index contributed by atoms with van der Waals surface area (Å²) in [5, 5.41) is 11.1. The molecule has 2 saturated heterocycles. The van der Waals surface area contributed by atoms with Gasteiger partial charge < -0.3 is 4.90 Å². The van der Waals surface area contributed by atoms with E-state index >= 15 is 0 Å². The van der Waals surface area contributed by atoms with Crippen LogP contribution in [0, 0.1) is 22.0 Å². The molecule has 6 rings (SSSR count). The van der Waals surface area contributed by atoms with Gasteiger partial charge in [-0.25, -0.2) is 0 Å². The number of fused-ring (bicyclic) bond motifs is 5. The van der Waals surface area contributed by atoms with Gasteiger partial charge in [-0.2, -0.15) is 0 Å². The molecule has 2 aromatic carbocycles. The molecule has 35 heavy (non-hydrogen) atoms. The molecule has 1 aliphatic carbocycles. The minimum absolute atomic E-state index is 0.104. The number of nitro groups is 1. The number of non-ortho nitro benzene ring substituents is 1. The normalized spacial score (nSPS) is 27.5. The van der Waals surface area contributed by atoms with Crippen molar-refractivity contribution in [1.29, 1.82) is 0 Å². The second kappa shape index (κ2) is 8.15. The van der Waals surface area contributed by atoms with E-state index in [1.807, 2.05) is 41.4 Å². The van der Waals surface area contributed by atoms with Crippen LogP contribution in [0.25, 0.3) is 6.08 Å². The number of likely N-dealkylation sites (tertiary alicyclic amines) is 1. The zero-order valence-electron chi connectivity index (χ0n) is 19.1. The molecular weight excluding hydrogens is 446 g/mol. The molecule has 0 spiro atoms. The molecule has 3 heterocycles. The van der Waals surface area contributed by atoms with Gasteiger partial charge in [0.15, 0.2) is 5.78 Å². The minimum atomic E-state index is -0.846. The highest BCUT2D eigenvalue weighted by molar-refractivity contribution is 6.12. The van der Waals surface area contributed by atoms with Crippen molar-refractivity contribution in [2.24, 2.45) is 11.8 Å². The van der Waals surface area contributed by atoms with Crippen molar-refractivity contribution < 1.29 is 19.3 Å². The quantitative estimate of drug-likeness (QED) is 0.288. The Labute approximate surface area is 202 Å². The lowest BCUT2D eigenvalue weighted by molar-refractivity contribution is -0.384. The number of hydrogen-bond donors (Lipinski definition) is 0. The topological polar surface area (TPSA) is 101 Å². The van der Waals surface area contributed by atoms with Crippen LogP contribution in [-0.4, -0.2) is 44.4 Å². The van der Waals surface area contributed by atoms with Gasteiger partial charge in [0.2, 0.25) is 11.8 Å². The zero-order valence-corrected chi connectivity index (χ0v) is 19.1. The molecule has 0 bridgehead atoms. The van der Waals surface area contributed by atoms with Gasteiger partial charge in [-0.15, -0.1) is 0 Å². The highest BCUT2D eigenvalue weighted by Gasteiger charge is 2.65. The lowest BCUT2D eigenvalue weighted by Gasteiger charge is -2.37. The molecule has 3 fully saturated rings. The number of carbonyl (C=O) groups excluding carboxylic acids is 3. The first-order valence-electron chi connectivity index (χ1n) is 12.2. The van der Waals surface area contributed by atoms with E-state index in [0.29, 0.717) is 5.56 Å². The number of imide groups is 1. The standard InChI is InChI=1S/C27H25N3O5/c31-25(17-10-12-19(13-11-17)30(34)35)24-22-21(23-20-9-5-4-6-16(20)14-15-28(23)24)26(32)29(27(22)33)18-7-2-1-3-8-18/h4-6,9-15,18,21-24H,1-3,7-8H2/t21-,22-,23+,24+/m1/s1. The summed E-state index contributed by atoms with van der Waals surface area (Å²) in [4.78, 5) is 55.5. The third-order valence-electron chi connectivity index (χ3n) is 8.07. The molecule has 2 aromatic rings. The summed E-state index contributed by atoms with van der Waals surface area (Å²) in [5.41, 5.74) is 2.11. The summed E-state index contributed by atoms with van der Waals surface area (Å²) < 4.78 is 0. The van der Waals surface area contributed by atoms with Gasteiger partial charge >= 0.3 is 0 Å². The predicted molar refractivity (Wildman–Crippen MR) is 127 cm³/mol. The summed E-state index contributed by atoms with van der Waals surface area (Å²) in [6.45, 7) is 0. The number of hydrogen-bond acceptors (Lipinski definition) is 6. The van der Waals surface area contributed by atoms with Gasteiger partial charge in [-0.3, -0.25) is 29.4 Å². The van der Waals surface area contributed by atoms with Crippen LogP contribution in [0.1, 0.15) is 59.6 Å². The van der Waals surface area contributed by atoms with Crippen LogP contribution in [-0.2, 0) is 9.59 Å². The molecular formula is C27H25N3O5. The average molecular weight is 472 g/mol. The number of rotatable bonds is 4. The summed E-state index contributed by atoms with van der Waals surface area (Å²) in [7, 11) is 0. The highest BCUT2D eigenvalue weighted by atomic mass is 16.6. The number of Topliss-reactive ketones (excluding diaryl/α,β-unsaturated/α-hetero) is 1. The minimum Gasteiger partial charge on any atom is -0.358 e. The van der Waals surface area contributed by atoms with E-state index in [1.165, 1.54) is 29.2 Å². The van der Waals surface area contributed by atoms with Gasteiger partial charge in [0.05, 0.1) is 22.8 Å². The molecule has 0 unspecified atom stereocenters. The summed E-state index contributed by atoms with van der Waals surface area (Å²) in [5.74, 6) is -2.15. The molecule has 8 nitrogen and oxygen atoms in total. The number of nitrogens with zero attached hydrogens (tertiary/aromatic N) is 3. The molecule has 1 saturated carbocycles. The van der Waals surface area contributed by atoms with E-state index in [9.17, 15) is 24.5 Å². The first-order valence-corrected chi connectivity index (χ1v) is 12.2. The largest absolute Gasteiger partial charge is 0.358 e. The van der Waals surface area contributed by atoms with Crippen LogP contribution in [0.3, 0.4) is 0 Å². The van der Waals surface area contributed by atoms with E-state index in [1.54, 1.807) is 0 Å². The van der Waals surface area contributed by atoms with Crippen molar-refractivity contribution in [3.05, 3.63) is 81.5 Å². The van der Waals surface area contributed by atoms with Gasteiger partial charge in [-0.05, 0) is 42.2 Å². The lowest BCUT2D eigenvalue weighted by Crippen LogP contribution is -2.47. The number of amides is 2. The molecule has 0 radical (unpaired) electrons. The second-order valence-corrected chi connectivity index (χ2v) is 9.84. The van der Waals surface area contributed by atoms with Crippen LogP contribution in [0.4, 0.5) is 5.69 Å². The molecule has 4 atom stereocenters. The Morgan fingerprint density at radius 1 is 0.914 bits per heavy atom. The van der Waals surface area contributed by atoms with E-state index in [2.05, 4.69) is 0 Å². The average Bonchev–Trinajstić information content (AvgIpc) is 3.36. The second-order valence-electron chi connectivity index (χ2n) is 9.84. The molecule has 178 valence electrons. The zero-order chi connectivity index (χ0) is 24.3. The van der Waals surface area contributed by atoms with Crippen molar-refractivity contribution in [3.8, 4) is 0 Å². The highest BCUT2D eigenvalue weighted by Crippen LogP contribution is 2.53. The molecule has 8 heteroatoms. The smallest absolute Gasteiger partial charge is 0.269 e. The number of nitro benzene ring substituents is 1. The monoisotopic (exact) mass is 471 g/mol. The third kappa shape index (κ3) is 3.23. The summed E-state index contributed by atoms with van der Waals surface area (Å²) >= 11 is 0. The first-order chi connectivity index (χ1) is 17.0. The molecule has 3 aliphatic heterocycles. The third-order valence-corrected chi connectivity index (χ3v) is 8.07. The fraction of sp³-hybridized carbons (Fsp3) is 0.370. The van der Waals surface area contributed by atoms with Crippen LogP contribution in [0.2, 0.25) is 0 Å². The van der Waals surface area contributed by atoms with Gasteiger partial charge in [-0.1, -0.05) is 43.5 Å². The van der Waals surface area contributed by atoms with Crippen molar-refractivity contribution in [2.45, 2.75) is 50.2 Å². The predicted octanol–water partition coefficient (Wildman–Crippen LogP) is 4.12. The van der Waals surface area contributed by atoms with Gasteiger partial charge in [0.25, 0.3) is 5.69 Å².